The molecule has 1 aromatic rings. The Labute approximate surface area is 114 Å². The standard InChI is InChI=1S/C14H23N3O2/c1-2-3-7-17(8-9-18)11-14(19)16-13-6-4-5-12(15)10-13/h4-6,10,18H,2-3,7-9,11,15H2,1H3,(H,16,19). The molecule has 0 atom stereocenters. The summed E-state index contributed by atoms with van der Waals surface area (Å²) in [4.78, 5) is 13.8. The number of nitrogens with two attached hydrogens (primary N) is 1. The highest BCUT2D eigenvalue weighted by Gasteiger charge is 2.10. The number of anilines is 2. The number of carbonyl (C=O) groups is 1. The van der Waals surface area contributed by atoms with Gasteiger partial charge in [-0.25, -0.2) is 0 Å². The average molecular weight is 265 g/mol. The quantitative estimate of drug-likeness (QED) is 0.619. The Morgan fingerprint density at radius 2 is 2.21 bits per heavy atom. The third-order valence-corrected chi connectivity index (χ3v) is 2.78. The molecule has 0 spiro atoms. The Hall–Kier alpha value is -1.59. The van der Waals surface area contributed by atoms with Crippen LogP contribution in [0.2, 0.25) is 0 Å². The minimum absolute atomic E-state index is 0.0648. The van der Waals surface area contributed by atoms with Gasteiger partial charge in [0, 0.05) is 17.9 Å². The van der Waals surface area contributed by atoms with Gasteiger partial charge < -0.3 is 16.2 Å². The van der Waals surface area contributed by atoms with Crippen molar-refractivity contribution >= 4 is 17.3 Å². The van der Waals surface area contributed by atoms with Crippen molar-refractivity contribution in [1.82, 2.24) is 4.90 Å². The van der Waals surface area contributed by atoms with Crippen LogP contribution < -0.4 is 11.1 Å². The number of amides is 1. The number of nitrogen functional groups attached to an aromatic ring is 1. The second kappa shape index (κ2) is 8.50. The fourth-order valence-electron chi connectivity index (χ4n) is 1.81. The molecule has 1 rings (SSSR count). The summed E-state index contributed by atoms with van der Waals surface area (Å²) in [5.74, 6) is -0.0878. The van der Waals surface area contributed by atoms with E-state index in [1.54, 1.807) is 24.3 Å². The lowest BCUT2D eigenvalue weighted by Crippen LogP contribution is -2.35. The molecule has 1 amide bonds. The summed E-state index contributed by atoms with van der Waals surface area (Å²) in [6.07, 6.45) is 2.09. The molecule has 19 heavy (non-hydrogen) atoms. The fourth-order valence-corrected chi connectivity index (χ4v) is 1.81. The van der Waals surface area contributed by atoms with Crippen LogP contribution in [0.15, 0.2) is 24.3 Å². The number of aliphatic hydroxyl groups excluding tert-OH is 1. The number of unbranched alkanes of at least 4 members (excludes halogenated alkanes) is 1. The van der Waals surface area contributed by atoms with Crippen LogP contribution in [0.4, 0.5) is 11.4 Å². The molecule has 0 unspecified atom stereocenters. The van der Waals surface area contributed by atoms with Crippen LogP contribution in [0.1, 0.15) is 19.8 Å². The zero-order chi connectivity index (χ0) is 14.1. The Morgan fingerprint density at radius 1 is 1.42 bits per heavy atom. The zero-order valence-electron chi connectivity index (χ0n) is 11.4. The predicted octanol–water partition coefficient (Wildman–Crippen LogP) is 1.30. The molecule has 0 fully saturated rings. The van der Waals surface area contributed by atoms with Crippen LogP contribution in [0.5, 0.6) is 0 Å². The molecule has 1 aromatic carbocycles. The lowest BCUT2D eigenvalue weighted by atomic mass is 10.2. The molecular formula is C14H23N3O2. The van der Waals surface area contributed by atoms with Gasteiger partial charge in [0.15, 0.2) is 0 Å². The number of nitrogens with zero attached hydrogens (tertiary/aromatic N) is 1. The average Bonchev–Trinajstić information content (AvgIpc) is 2.36. The number of rotatable bonds is 8. The van der Waals surface area contributed by atoms with E-state index in [4.69, 9.17) is 10.8 Å². The monoisotopic (exact) mass is 265 g/mol. The number of hydrogen-bond acceptors (Lipinski definition) is 4. The normalized spacial score (nSPS) is 10.7. The first-order chi connectivity index (χ1) is 9.15. The first kappa shape index (κ1) is 15.5. The Balaban J connectivity index is 2.47. The zero-order valence-corrected chi connectivity index (χ0v) is 11.4. The van der Waals surface area contributed by atoms with E-state index >= 15 is 0 Å². The van der Waals surface area contributed by atoms with E-state index in [1.807, 2.05) is 4.90 Å². The summed E-state index contributed by atoms with van der Waals surface area (Å²) in [7, 11) is 0. The molecule has 106 valence electrons. The first-order valence-electron chi connectivity index (χ1n) is 6.64. The van der Waals surface area contributed by atoms with Crippen molar-refractivity contribution in [1.29, 1.82) is 0 Å². The summed E-state index contributed by atoms with van der Waals surface area (Å²) in [6, 6.07) is 7.10. The maximum Gasteiger partial charge on any atom is 0.238 e. The largest absolute Gasteiger partial charge is 0.399 e. The predicted molar refractivity (Wildman–Crippen MR) is 77.9 cm³/mol. The first-order valence-corrected chi connectivity index (χ1v) is 6.64. The minimum atomic E-state index is -0.0878. The van der Waals surface area contributed by atoms with Crippen LogP contribution in [0.25, 0.3) is 0 Å². The minimum Gasteiger partial charge on any atom is -0.399 e. The molecule has 0 saturated carbocycles. The van der Waals surface area contributed by atoms with E-state index in [1.165, 1.54) is 0 Å². The molecule has 4 N–H and O–H groups in total. The van der Waals surface area contributed by atoms with Gasteiger partial charge in [0.2, 0.25) is 5.91 Å². The van der Waals surface area contributed by atoms with Crippen LogP contribution in [0.3, 0.4) is 0 Å². The van der Waals surface area contributed by atoms with Gasteiger partial charge in [-0.2, -0.15) is 0 Å². The summed E-state index contributed by atoms with van der Waals surface area (Å²) < 4.78 is 0. The lowest BCUT2D eigenvalue weighted by molar-refractivity contribution is -0.117. The third-order valence-electron chi connectivity index (χ3n) is 2.78. The van der Waals surface area contributed by atoms with Gasteiger partial charge in [-0.05, 0) is 31.2 Å². The van der Waals surface area contributed by atoms with Crippen molar-refractivity contribution in [2.45, 2.75) is 19.8 Å². The molecule has 0 saturated heterocycles. The molecule has 0 radical (unpaired) electrons. The number of carbonyl (C=O) groups excluding carboxylic acids is 1. The van der Waals surface area contributed by atoms with Crippen molar-refractivity contribution < 1.29 is 9.90 Å². The van der Waals surface area contributed by atoms with Gasteiger partial charge in [0.1, 0.15) is 0 Å². The SMILES string of the molecule is CCCCN(CCO)CC(=O)Nc1cccc(N)c1. The molecule has 0 bridgehead atoms. The van der Waals surface area contributed by atoms with Crippen molar-refractivity contribution in [2.75, 3.05) is 37.3 Å². The van der Waals surface area contributed by atoms with Gasteiger partial charge in [-0.1, -0.05) is 19.4 Å². The van der Waals surface area contributed by atoms with Crippen molar-refractivity contribution in [2.24, 2.45) is 0 Å². The van der Waals surface area contributed by atoms with Gasteiger partial charge in [0.05, 0.1) is 13.2 Å². The van der Waals surface area contributed by atoms with E-state index in [0.29, 0.717) is 17.9 Å². The molecule has 5 heteroatoms. The molecule has 0 aliphatic rings. The lowest BCUT2D eigenvalue weighted by Gasteiger charge is -2.20. The molecule has 0 heterocycles. The van der Waals surface area contributed by atoms with Crippen LogP contribution in [0, 0.1) is 0 Å². The highest BCUT2D eigenvalue weighted by Crippen LogP contribution is 2.11. The van der Waals surface area contributed by atoms with Crippen LogP contribution in [-0.4, -0.2) is 42.2 Å². The molecule has 5 nitrogen and oxygen atoms in total. The number of aliphatic hydroxyl groups is 1. The van der Waals surface area contributed by atoms with E-state index in [9.17, 15) is 4.79 Å². The fraction of sp³-hybridized carbons (Fsp3) is 0.500. The van der Waals surface area contributed by atoms with E-state index < -0.39 is 0 Å². The topological polar surface area (TPSA) is 78.6 Å². The Morgan fingerprint density at radius 3 is 2.84 bits per heavy atom. The summed E-state index contributed by atoms with van der Waals surface area (Å²) in [5.41, 5.74) is 6.97. The van der Waals surface area contributed by atoms with Gasteiger partial charge in [-0.3, -0.25) is 9.69 Å². The van der Waals surface area contributed by atoms with Gasteiger partial charge >= 0.3 is 0 Å². The van der Waals surface area contributed by atoms with Gasteiger partial charge in [-0.15, -0.1) is 0 Å². The van der Waals surface area contributed by atoms with Crippen LogP contribution >= 0.6 is 0 Å². The highest BCUT2D eigenvalue weighted by atomic mass is 16.3. The summed E-state index contributed by atoms with van der Waals surface area (Å²) in [6.45, 7) is 3.79. The van der Waals surface area contributed by atoms with E-state index in [2.05, 4.69) is 12.2 Å². The second-order valence-electron chi connectivity index (χ2n) is 4.53. The van der Waals surface area contributed by atoms with Crippen molar-refractivity contribution in [3.8, 4) is 0 Å². The van der Waals surface area contributed by atoms with Gasteiger partial charge in [0.25, 0.3) is 0 Å². The molecule has 0 aliphatic carbocycles. The number of benzene rings is 1. The third kappa shape index (κ3) is 6.22. The van der Waals surface area contributed by atoms with Crippen LogP contribution in [-0.2, 0) is 4.79 Å². The molecule has 0 aliphatic heterocycles. The van der Waals surface area contributed by atoms with E-state index in [0.717, 1.165) is 19.4 Å². The maximum atomic E-state index is 11.9. The maximum absolute atomic E-state index is 11.9. The second-order valence-corrected chi connectivity index (χ2v) is 4.53. The van der Waals surface area contributed by atoms with Crippen molar-refractivity contribution in [3.05, 3.63) is 24.3 Å². The smallest absolute Gasteiger partial charge is 0.238 e. The molecule has 0 aromatic heterocycles. The Kier molecular flexibility index (Phi) is 6.92. The van der Waals surface area contributed by atoms with Crippen molar-refractivity contribution in [3.63, 3.8) is 0 Å². The highest BCUT2D eigenvalue weighted by molar-refractivity contribution is 5.92. The summed E-state index contributed by atoms with van der Waals surface area (Å²) in [5, 5.41) is 11.8. The number of nitrogens with one attached hydrogen (secondary N) is 1. The number of hydrogen-bond donors (Lipinski definition) is 3. The molecular weight excluding hydrogens is 242 g/mol. The Bertz CT molecular complexity index is 396. The van der Waals surface area contributed by atoms with E-state index in [-0.39, 0.29) is 19.1 Å². The summed E-state index contributed by atoms with van der Waals surface area (Å²) >= 11 is 0.